The first-order valence-corrected chi connectivity index (χ1v) is 7.40. The van der Waals surface area contributed by atoms with Gasteiger partial charge in [0.25, 0.3) is 0 Å². The van der Waals surface area contributed by atoms with E-state index in [9.17, 15) is 13.2 Å². The van der Waals surface area contributed by atoms with Gasteiger partial charge in [-0.3, -0.25) is 4.98 Å². The molecule has 0 radical (unpaired) electrons. The zero-order valence-electron chi connectivity index (χ0n) is 10.5. The molecule has 1 heterocycles. The summed E-state index contributed by atoms with van der Waals surface area (Å²) < 4.78 is 22.0. The number of nitrogens with zero attached hydrogens (tertiary/aromatic N) is 1. The van der Waals surface area contributed by atoms with Crippen LogP contribution in [0.2, 0.25) is 0 Å². The molecule has 6 nitrogen and oxygen atoms in total. The largest absolute Gasteiger partial charge is 0.478 e. The van der Waals surface area contributed by atoms with Gasteiger partial charge < -0.3 is 10.4 Å². The summed E-state index contributed by atoms with van der Waals surface area (Å²) in [6.45, 7) is 3.53. The average molecular weight is 272 g/mol. The first kappa shape index (κ1) is 14.4. The highest BCUT2D eigenvalue weighted by molar-refractivity contribution is 7.90. The molecule has 0 aliphatic carbocycles. The van der Waals surface area contributed by atoms with E-state index in [1.54, 1.807) is 19.9 Å². The summed E-state index contributed by atoms with van der Waals surface area (Å²) in [4.78, 5) is 15.2. The lowest BCUT2D eigenvalue weighted by Gasteiger charge is -2.11. The van der Waals surface area contributed by atoms with E-state index in [0.717, 1.165) is 6.26 Å². The molecule has 0 fully saturated rings. The number of carboxylic acids is 1. The highest BCUT2D eigenvalue weighted by atomic mass is 32.2. The van der Waals surface area contributed by atoms with E-state index in [-0.39, 0.29) is 17.9 Å². The molecule has 7 heteroatoms. The summed E-state index contributed by atoms with van der Waals surface area (Å²) in [6.07, 6.45) is 1.13. The average Bonchev–Trinajstić information content (AvgIpc) is 2.13. The number of nitrogens with one attached hydrogen (secondary N) is 1. The number of hydrogen-bond donors (Lipinski definition) is 2. The zero-order chi connectivity index (χ0) is 13.9. The van der Waals surface area contributed by atoms with Gasteiger partial charge in [0.1, 0.15) is 15.4 Å². The van der Waals surface area contributed by atoms with E-state index in [1.165, 1.54) is 0 Å². The zero-order valence-corrected chi connectivity index (χ0v) is 11.3. The first-order chi connectivity index (χ1) is 8.20. The number of sulfone groups is 1. The lowest BCUT2D eigenvalue weighted by molar-refractivity contribution is 0.0696. The number of pyridine rings is 1. The van der Waals surface area contributed by atoms with E-state index in [4.69, 9.17) is 5.11 Å². The van der Waals surface area contributed by atoms with E-state index in [2.05, 4.69) is 10.3 Å². The van der Waals surface area contributed by atoms with Crippen molar-refractivity contribution in [2.75, 3.05) is 23.9 Å². The maximum Gasteiger partial charge on any atom is 0.339 e. The van der Waals surface area contributed by atoms with Crippen molar-refractivity contribution < 1.29 is 18.3 Å². The number of carbonyl (C=O) groups is 1. The molecule has 1 rings (SSSR count). The number of hydrogen-bond acceptors (Lipinski definition) is 5. The number of carboxylic acid groups (broad SMARTS) is 1. The Kier molecular flexibility index (Phi) is 4.28. The van der Waals surface area contributed by atoms with Crippen LogP contribution in [-0.4, -0.2) is 43.0 Å². The van der Waals surface area contributed by atoms with Crippen molar-refractivity contribution in [2.45, 2.75) is 13.8 Å². The van der Waals surface area contributed by atoms with Gasteiger partial charge >= 0.3 is 5.97 Å². The smallest absolute Gasteiger partial charge is 0.339 e. The molecule has 2 N–H and O–H groups in total. The fraction of sp³-hybridized carbons (Fsp3) is 0.455. The van der Waals surface area contributed by atoms with Gasteiger partial charge in [-0.15, -0.1) is 0 Å². The molecule has 0 aliphatic rings. The van der Waals surface area contributed by atoms with Crippen molar-refractivity contribution in [1.82, 2.24) is 4.98 Å². The lowest BCUT2D eigenvalue weighted by atomic mass is 10.1. The second kappa shape index (κ2) is 5.34. The Balaban J connectivity index is 2.97. The molecule has 0 atom stereocenters. The molecule has 0 amide bonds. The van der Waals surface area contributed by atoms with Crippen LogP contribution in [0.25, 0.3) is 0 Å². The number of aromatic nitrogens is 1. The summed E-state index contributed by atoms with van der Waals surface area (Å²) in [7, 11) is -3.07. The minimum absolute atomic E-state index is 0.0491. The van der Waals surface area contributed by atoms with Crippen LogP contribution in [0.1, 0.15) is 21.7 Å². The van der Waals surface area contributed by atoms with Crippen LogP contribution in [0.15, 0.2) is 6.07 Å². The topological polar surface area (TPSA) is 96.4 Å². The summed E-state index contributed by atoms with van der Waals surface area (Å²) in [6, 6.07) is 1.60. The van der Waals surface area contributed by atoms with Crippen molar-refractivity contribution in [3.8, 4) is 0 Å². The molecule has 1 aromatic rings. The standard InChI is InChI=1S/C11H16N2O4S/c1-7-6-9(12-4-5-18(3,16)17)10(11(14)15)8(2)13-7/h6H,4-5H2,1-3H3,(H,12,13)(H,14,15). The molecule has 0 spiro atoms. The number of anilines is 1. The van der Waals surface area contributed by atoms with E-state index < -0.39 is 15.8 Å². The van der Waals surface area contributed by atoms with Gasteiger partial charge in [0.2, 0.25) is 0 Å². The van der Waals surface area contributed by atoms with Crippen LogP contribution in [0.3, 0.4) is 0 Å². The number of aromatic carboxylic acids is 1. The molecule has 0 saturated carbocycles. The maximum atomic E-state index is 11.1. The molecule has 0 unspecified atom stereocenters. The second-order valence-electron chi connectivity index (χ2n) is 4.13. The summed E-state index contributed by atoms with van der Waals surface area (Å²) in [5, 5.41) is 11.9. The Morgan fingerprint density at radius 2 is 2.06 bits per heavy atom. The second-order valence-corrected chi connectivity index (χ2v) is 6.39. The third kappa shape index (κ3) is 3.99. The Morgan fingerprint density at radius 1 is 1.44 bits per heavy atom. The van der Waals surface area contributed by atoms with Gasteiger partial charge in [-0.1, -0.05) is 0 Å². The Labute approximate surface area is 106 Å². The molecule has 0 aromatic carbocycles. The number of aryl methyl sites for hydroxylation is 2. The van der Waals surface area contributed by atoms with Crippen molar-refractivity contribution in [1.29, 1.82) is 0 Å². The van der Waals surface area contributed by atoms with E-state index in [0.29, 0.717) is 17.1 Å². The van der Waals surface area contributed by atoms with E-state index >= 15 is 0 Å². The third-order valence-electron chi connectivity index (χ3n) is 2.33. The summed E-state index contributed by atoms with van der Waals surface area (Å²) in [5.41, 5.74) is 1.56. The molecular formula is C11H16N2O4S. The molecule has 100 valence electrons. The minimum atomic E-state index is -3.07. The molecule has 0 saturated heterocycles. The van der Waals surface area contributed by atoms with Gasteiger partial charge in [0.05, 0.1) is 17.1 Å². The van der Waals surface area contributed by atoms with Crippen molar-refractivity contribution in [3.05, 3.63) is 23.0 Å². The fourth-order valence-electron chi connectivity index (χ4n) is 1.61. The van der Waals surface area contributed by atoms with Gasteiger partial charge in [0.15, 0.2) is 0 Å². The maximum absolute atomic E-state index is 11.1. The first-order valence-electron chi connectivity index (χ1n) is 5.34. The van der Waals surface area contributed by atoms with Crippen LogP contribution in [0, 0.1) is 13.8 Å². The van der Waals surface area contributed by atoms with Crippen molar-refractivity contribution >= 4 is 21.5 Å². The molecule has 18 heavy (non-hydrogen) atoms. The predicted octanol–water partition coefficient (Wildman–Crippen LogP) is 0.853. The fourth-order valence-corrected chi connectivity index (χ4v) is 2.08. The molecular weight excluding hydrogens is 256 g/mol. The molecule has 0 bridgehead atoms. The monoisotopic (exact) mass is 272 g/mol. The summed E-state index contributed by atoms with van der Waals surface area (Å²) >= 11 is 0. The Bertz CT molecular complexity index is 567. The van der Waals surface area contributed by atoms with Gasteiger partial charge in [-0.2, -0.15) is 0 Å². The number of rotatable bonds is 5. The predicted molar refractivity (Wildman–Crippen MR) is 68.9 cm³/mol. The van der Waals surface area contributed by atoms with Crippen LogP contribution < -0.4 is 5.32 Å². The Morgan fingerprint density at radius 3 is 2.56 bits per heavy atom. The minimum Gasteiger partial charge on any atom is -0.478 e. The van der Waals surface area contributed by atoms with Crippen LogP contribution >= 0.6 is 0 Å². The summed E-state index contributed by atoms with van der Waals surface area (Å²) in [5.74, 6) is -1.13. The molecule has 1 aromatic heterocycles. The third-order valence-corrected chi connectivity index (χ3v) is 3.28. The van der Waals surface area contributed by atoms with E-state index in [1.807, 2.05) is 0 Å². The van der Waals surface area contributed by atoms with Crippen molar-refractivity contribution in [2.24, 2.45) is 0 Å². The van der Waals surface area contributed by atoms with Crippen LogP contribution in [0.5, 0.6) is 0 Å². The Hall–Kier alpha value is -1.63. The van der Waals surface area contributed by atoms with Gasteiger partial charge in [0, 0.05) is 18.5 Å². The highest BCUT2D eigenvalue weighted by Crippen LogP contribution is 2.19. The van der Waals surface area contributed by atoms with Crippen LogP contribution in [0.4, 0.5) is 5.69 Å². The quantitative estimate of drug-likeness (QED) is 0.825. The van der Waals surface area contributed by atoms with Gasteiger partial charge in [-0.05, 0) is 19.9 Å². The SMILES string of the molecule is Cc1cc(NCCS(C)(=O)=O)c(C(=O)O)c(C)n1. The molecule has 0 aliphatic heterocycles. The van der Waals surface area contributed by atoms with Crippen molar-refractivity contribution in [3.63, 3.8) is 0 Å². The highest BCUT2D eigenvalue weighted by Gasteiger charge is 2.15. The normalized spacial score (nSPS) is 11.3. The lowest BCUT2D eigenvalue weighted by Crippen LogP contribution is -2.17. The van der Waals surface area contributed by atoms with Crippen LogP contribution in [-0.2, 0) is 9.84 Å². The van der Waals surface area contributed by atoms with Gasteiger partial charge in [-0.25, -0.2) is 13.2 Å².